The second-order valence-electron chi connectivity index (χ2n) is 3.90. The van der Waals surface area contributed by atoms with Crippen molar-refractivity contribution in [2.45, 2.75) is 13.3 Å². The first kappa shape index (κ1) is 10.5. The summed E-state index contributed by atoms with van der Waals surface area (Å²) in [5.41, 5.74) is 5.17. The molecule has 0 aliphatic carbocycles. The van der Waals surface area contributed by atoms with E-state index in [2.05, 4.69) is 4.90 Å². The first-order valence-electron chi connectivity index (χ1n) is 4.76. The van der Waals surface area contributed by atoms with Gasteiger partial charge in [0, 0.05) is 25.6 Å². The number of rotatable bonds is 4. The fourth-order valence-corrected chi connectivity index (χ4v) is 1.70. The van der Waals surface area contributed by atoms with Gasteiger partial charge in [-0.2, -0.15) is 0 Å². The Morgan fingerprint density at radius 1 is 1.77 bits per heavy atom. The zero-order valence-corrected chi connectivity index (χ0v) is 8.07. The number of likely N-dealkylation sites (tertiary alicyclic amines) is 1. The van der Waals surface area contributed by atoms with E-state index in [-0.39, 0.29) is 18.4 Å². The molecule has 0 spiro atoms. The molecule has 0 radical (unpaired) electrons. The Labute approximate surface area is 78.7 Å². The third-order valence-corrected chi connectivity index (χ3v) is 2.65. The van der Waals surface area contributed by atoms with Crippen molar-refractivity contribution in [2.75, 3.05) is 26.2 Å². The van der Waals surface area contributed by atoms with Crippen LogP contribution < -0.4 is 5.73 Å². The molecule has 0 bridgehead atoms. The molecule has 76 valence electrons. The van der Waals surface area contributed by atoms with E-state index in [0.717, 1.165) is 26.1 Å². The molecule has 0 saturated carbocycles. The standard InChI is InChI=1S/C9H18N2O2/c1-7(9(10)13)4-11-3-2-8(5-11)6-12/h7-8,12H,2-6H2,1H3,(H2,10,13). The smallest absolute Gasteiger partial charge is 0.221 e. The van der Waals surface area contributed by atoms with Crippen molar-refractivity contribution in [3.63, 3.8) is 0 Å². The fourth-order valence-electron chi connectivity index (χ4n) is 1.70. The van der Waals surface area contributed by atoms with E-state index in [1.165, 1.54) is 0 Å². The predicted molar refractivity (Wildman–Crippen MR) is 50.0 cm³/mol. The van der Waals surface area contributed by atoms with E-state index in [9.17, 15) is 4.79 Å². The minimum Gasteiger partial charge on any atom is -0.396 e. The number of amides is 1. The molecule has 4 heteroatoms. The molecule has 1 aliphatic heterocycles. The summed E-state index contributed by atoms with van der Waals surface area (Å²) < 4.78 is 0. The molecule has 1 aliphatic rings. The molecule has 13 heavy (non-hydrogen) atoms. The number of carbonyl (C=O) groups excluding carboxylic acids is 1. The Morgan fingerprint density at radius 3 is 2.92 bits per heavy atom. The zero-order chi connectivity index (χ0) is 9.84. The summed E-state index contributed by atoms with van der Waals surface area (Å²) in [6, 6.07) is 0. The molecule has 3 N–H and O–H groups in total. The van der Waals surface area contributed by atoms with Crippen molar-refractivity contribution in [1.29, 1.82) is 0 Å². The van der Waals surface area contributed by atoms with Gasteiger partial charge in [-0.25, -0.2) is 0 Å². The van der Waals surface area contributed by atoms with Gasteiger partial charge >= 0.3 is 0 Å². The van der Waals surface area contributed by atoms with E-state index in [4.69, 9.17) is 10.8 Å². The van der Waals surface area contributed by atoms with Gasteiger partial charge in [-0.3, -0.25) is 4.79 Å². The van der Waals surface area contributed by atoms with E-state index in [1.807, 2.05) is 6.92 Å². The Balaban J connectivity index is 2.27. The highest BCUT2D eigenvalue weighted by molar-refractivity contribution is 5.76. The number of aliphatic hydroxyl groups is 1. The molecule has 2 atom stereocenters. The average Bonchev–Trinajstić information content (AvgIpc) is 2.52. The summed E-state index contributed by atoms with van der Waals surface area (Å²) in [6.45, 7) is 4.69. The van der Waals surface area contributed by atoms with Crippen molar-refractivity contribution >= 4 is 5.91 Å². The van der Waals surface area contributed by atoms with Crippen molar-refractivity contribution < 1.29 is 9.90 Å². The minimum absolute atomic E-state index is 0.0857. The SMILES string of the molecule is CC(CN1CCC(CO)C1)C(N)=O. The number of hydrogen-bond donors (Lipinski definition) is 2. The summed E-state index contributed by atoms with van der Waals surface area (Å²) in [4.78, 5) is 13.0. The van der Waals surface area contributed by atoms with Gasteiger partial charge in [0.15, 0.2) is 0 Å². The van der Waals surface area contributed by atoms with Gasteiger partial charge in [0.25, 0.3) is 0 Å². The molecule has 0 aromatic carbocycles. The van der Waals surface area contributed by atoms with Crippen LogP contribution in [0.15, 0.2) is 0 Å². The van der Waals surface area contributed by atoms with Crippen molar-refractivity contribution in [1.82, 2.24) is 4.90 Å². The van der Waals surface area contributed by atoms with Crippen molar-refractivity contribution in [2.24, 2.45) is 17.6 Å². The van der Waals surface area contributed by atoms with Gasteiger partial charge in [0.2, 0.25) is 5.91 Å². The number of aliphatic hydroxyl groups excluding tert-OH is 1. The number of carbonyl (C=O) groups is 1. The van der Waals surface area contributed by atoms with Crippen molar-refractivity contribution in [3.8, 4) is 0 Å². The summed E-state index contributed by atoms with van der Waals surface area (Å²) in [7, 11) is 0. The normalized spacial score (nSPS) is 26.2. The lowest BCUT2D eigenvalue weighted by atomic mass is 10.1. The molecule has 2 unspecified atom stereocenters. The van der Waals surface area contributed by atoms with Crippen LogP contribution >= 0.6 is 0 Å². The lowest BCUT2D eigenvalue weighted by Crippen LogP contribution is -2.33. The predicted octanol–water partition coefficient (Wildman–Crippen LogP) is -0.578. The Kier molecular flexibility index (Phi) is 3.69. The molecule has 0 aromatic heterocycles. The third kappa shape index (κ3) is 2.97. The molecule has 0 aromatic rings. The maximum absolute atomic E-state index is 10.8. The van der Waals surface area contributed by atoms with E-state index >= 15 is 0 Å². The Bertz CT molecular complexity index is 184. The van der Waals surface area contributed by atoms with Gasteiger partial charge in [0.1, 0.15) is 0 Å². The van der Waals surface area contributed by atoms with Crippen LogP contribution in [0.4, 0.5) is 0 Å². The van der Waals surface area contributed by atoms with Crippen LogP contribution in [-0.2, 0) is 4.79 Å². The highest BCUT2D eigenvalue weighted by Crippen LogP contribution is 2.16. The molecule has 1 saturated heterocycles. The summed E-state index contributed by atoms with van der Waals surface area (Å²) in [5.74, 6) is 0.0602. The molecular formula is C9H18N2O2. The monoisotopic (exact) mass is 186 g/mol. The lowest BCUT2D eigenvalue weighted by Gasteiger charge is -2.18. The van der Waals surface area contributed by atoms with Crippen LogP contribution in [0, 0.1) is 11.8 Å². The van der Waals surface area contributed by atoms with E-state index in [0.29, 0.717) is 5.92 Å². The second kappa shape index (κ2) is 4.58. The number of nitrogens with zero attached hydrogens (tertiary/aromatic N) is 1. The summed E-state index contributed by atoms with van der Waals surface area (Å²) in [5, 5.41) is 8.91. The first-order chi connectivity index (χ1) is 6.13. The van der Waals surface area contributed by atoms with Gasteiger partial charge in [0.05, 0.1) is 0 Å². The first-order valence-corrected chi connectivity index (χ1v) is 4.76. The van der Waals surface area contributed by atoms with Crippen LogP contribution in [0.25, 0.3) is 0 Å². The average molecular weight is 186 g/mol. The van der Waals surface area contributed by atoms with Crippen LogP contribution in [-0.4, -0.2) is 42.2 Å². The molecular weight excluding hydrogens is 168 g/mol. The van der Waals surface area contributed by atoms with Gasteiger partial charge in [-0.15, -0.1) is 0 Å². The molecule has 1 fully saturated rings. The molecule has 1 amide bonds. The highest BCUT2D eigenvalue weighted by atomic mass is 16.3. The second-order valence-corrected chi connectivity index (χ2v) is 3.90. The molecule has 1 heterocycles. The highest BCUT2D eigenvalue weighted by Gasteiger charge is 2.23. The minimum atomic E-state index is -0.243. The van der Waals surface area contributed by atoms with Gasteiger partial charge < -0.3 is 15.7 Å². The summed E-state index contributed by atoms with van der Waals surface area (Å²) >= 11 is 0. The van der Waals surface area contributed by atoms with E-state index < -0.39 is 0 Å². The zero-order valence-electron chi connectivity index (χ0n) is 8.07. The van der Waals surface area contributed by atoms with Crippen molar-refractivity contribution in [3.05, 3.63) is 0 Å². The third-order valence-electron chi connectivity index (χ3n) is 2.65. The van der Waals surface area contributed by atoms with Crippen LogP contribution in [0.3, 0.4) is 0 Å². The van der Waals surface area contributed by atoms with E-state index in [1.54, 1.807) is 0 Å². The van der Waals surface area contributed by atoms with Gasteiger partial charge in [-0.05, 0) is 18.9 Å². The van der Waals surface area contributed by atoms with Crippen LogP contribution in [0.1, 0.15) is 13.3 Å². The fraction of sp³-hybridized carbons (Fsp3) is 0.889. The quantitative estimate of drug-likeness (QED) is 0.617. The number of hydrogen-bond acceptors (Lipinski definition) is 3. The van der Waals surface area contributed by atoms with Crippen LogP contribution in [0.2, 0.25) is 0 Å². The number of primary amides is 1. The molecule has 1 rings (SSSR count). The summed E-state index contributed by atoms with van der Waals surface area (Å²) in [6.07, 6.45) is 1.03. The Morgan fingerprint density at radius 2 is 2.46 bits per heavy atom. The topological polar surface area (TPSA) is 66.6 Å². The Hall–Kier alpha value is -0.610. The largest absolute Gasteiger partial charge is 0.396 e. The lowest BCUT2D eigenvalue weighted by molar-refractivity contribution is -0.121. The number of nitrogens with two attached hydrogens (primary N) is 1. The molecule has 4 nitrogen and oxygen atoms in total. The maximum atomic E-state index is 10.8. The van der Waals surface area contributed by atoms with Gasteiger partial charge in [-0.1, -0.05) is 6.92 Å². The maximum Gasteiger partial charge on any atom is 0.221 e. The van der Waals surface area contributed by atoms with Crippen LogP contribution in [0.5, 0.6) is 0 Å².